The molecule has 1 saturated heterocycles. The number of amides is 2. The molecule has 1 aromatic carbocycles. The molecule has 2 amide bonds. The van der Waals surface area contributed by atoms with Crippen molar-refractivity contribution in [1.29, 1.82) is 0 Å². The number of thiocarbonyl (C=S) groups is 1. The molecule has 1 N–H and O–H groups in total. The maximum absolute atomic E-state index is 12.7. The summed E-state index contributed by atoms with van der Waals surface area (Å²) < 4.78 is 1.95. The molecule has 3 rings (SSSR count). The van der Waals surface area contributed by atoms with Crippen molar-refractivity contribution in [2.75, 3.05) is 6.54 Å². The van der Waals surface area contributed by atoms with Gasteiger partial charge in [-0.15, -0.1) is 6.58 Å². The topological polar surface area (TPSA) is 54.3 Å². The lowest BCUT2D eigenvalue weighted by Crippen LogP contribution is -2.53. The summed E-state index contributed by atoms with van der Waals surface area (Å²) in [6.45, 7) is 7.94. The van der Waals surface area contributed by atoms with E-state index in [1.807, 2.05) is 48.9 Å². The van der Waals surface area contributed by atoms with Crippen molar-refractivity contribution in [3.8, 4) is 5.69 Å². The Labute approximate surface area is 157 Å². The van der Waals surface area contributed by atoms with Gasteiger partial charge in [-0.3, -0.25) is 19.8 Å². The van der Waals surface area contributed by atoms with E-state index in [0.717, 1.165) is 16.9 Å². The van der Waals surface area contributed by atoms with Crippen LogP contribution in [0.3, 0.4) is 0 Å². The number of hydrogen-bond donors (Lipinski definition) is 1. The standard InChI is InChI=1S/C20H19N3O2S/c1-4-9-23-19(25)16(18(24)21-20(23)26)12-15-6-5-10-22(15)17-8-7-13(2)11-14(17)3/h4-8,10-12H,1,9H2,2-3H3,(H,21,24,26)/b16-12+. The van der Waals surface area contributed by atoms with Gasteiger partial charge in [0.25, 0.3) is 11.8 Å². The predicted octanol–water partition coefficient (Wildman–Crippen LogP) is 2.91. The average molecular weight is 365 g/mol. The lowest BCUT2D eigenvalue weighted by atomic mass is 10.1. The van der Waals surface area contributed by atoms with Crippen LogP contribution in [0, 0.1) is 13.8 Å². The summed E-state index contributed by atoms with van der Waals surface area (Å²) in [5.74, 6) is -0.916. The Morgan fingerprint density at radius 3 is 2.69 bits per heavy atom. The van der Waals surface area contributed by atoms with Gasteiger partial charge in [-0.2, -0.15) is 0 Å². The molecule has 26 heavy (non-hydrogen) atoms. The first-order chi connectivity index (χ1) is 12.4. The Bertz CT molecular complexity index is 956. The second-order valence-electron chi connectivity index (χ2n) is 6.11. The summed E-state index contributed by atoms with van der Waals surface area (Å²) in [5.41, 5.74) is 4.06. The van der Waals surface area contributed by atoms with Gasteiger partial charge in [-0.05, 0) is 55.9 Å². The third kappa shape index (κ3) is 3.23. The molecule has 1 aliphatic rings. The van der Waals surface area contributed by atoms with Crippen LogP contribution in [-0.4, -0.2) is 32.9 Å². The summed E-state index contributed by atoms with van der Waals surface area (Å²) in [6.07, 6.45) is 5.06. The number of aryl methyl sites for hydroxylation is 2. The van der Waals surface area contributed by atoms with Gasteiger partial charge < -0.3 is 4.57 Å². The summed E-state index contributed by atoms with van der Waals surface area (Å²) >= 11 is 5.07. The first-order valence-electron chi connectivity index (χ1n) is 8.17. The summed E-state index contributed by atoms with van der Waals surface area (Å²) in [6, 6.07) is 9.88. The molecule has 6 heteroatoms. The third-order valence-electron chi connectivity index (χ3n) is 4.18. The number of hydrogen-bond acceptors (Lipinski definition) is 3. The molecule has 0 saturated carbocycles. The third-order valence-corrected chi connectivity index (χ3v) is 4.50. The number of carbonyl (C=O) groups excluding carboxylic acids is 2. The first-order valence-corrected chi connectivity index (χ1v) is 8.58. The molecule has 132 valence electrons. The fourth-order valence-electron chi connectivity index (χ4n) is 2.94. The van der Waals surface area contributed by atoms with Crippen molar-refractivity contribution >= 4 is 35.2 Å². The number of nitrogens with one attached hydrogen (secondary N) is 1. The molecule has 2 heterocycles. The van der Waals surface area contributed by atoms with Crippen LogP contribution in [-0.2, 0) is 9.59 Å². The second-order valence-corrected chi connectivity index (χ2v) is 6.50. The zero-order valence-corrected chi connectivity index (χ0v) is 15.5. The van der Waals surface area contributed by atoms with Crippen molar-refractivity contribution < 1.29 is 9.59 Å². The lowest BCUT2D eigenvalue weighted by molar-refractivity contribution is -0.128. The molecule has 0 bridgehead atoms. The Kier molecular flexibility index (Phi) is 4.86. The molecule has 0 spiro atoms. The highest BCUT2D eigenvalue weighted by molar-refractivity contribution is 7.80. The molecule has 0 aliphatic carbocycles. The quantitative estimate of drug-likeness (QED) is 0.392. The number of aromatic nitrogens is 1. The van der Waals surface area contributed by atoms with Crippen LogP contribution >= 0.6 is 12.2 Å². The van der Waals surface area contributed by atoms with Gasteiger partial charge in [0.05, 0.1) is 0 Å². The van der Waals surface area contributed by atoms with E-state index in [2.05, 4.69) is 18.0 Å². The van der Waals surface area contributed by atoms with Crippen LogP contribution in [0.5, 0.6) is 0 Å². The zero-order valence-electron chi connectivity index (χ0n) is 14.7. The van der Waals surface area contributed by atoms with E-state index in [0.29, 0.717) is 0 Å². The SMILES string of the molecule is C=CCN1C(=O)/C(=C/c2cccn2-c2ccc(C)cc2C)C(=O)NC1=S. The normalized spacial score (nSPS) is 16.2. The molecule has 0 unspecified atom stereocenters. The monoisotopic (exact) mass is 365 g/mol. The van der Waals surface area contributed by atoms with Crippen LogP contribution < -0.4 is 5.32 Å². The van der Waals surface area contributed by atoms with Gasteiger partial charge >= 0.3 is 0 Å². The van der Waals surface area contributed by atoms with Gasteiger partial charge in [0.1, 0.15) is 5.57 Å². The van der Waals surface area contributed by atoms with E-state index in [4.69, 9.17) is 12.2 Å². The number of carbonyl (C=O) groups is 2. The molecular weight excluding hydrogens is 346 g/mol. The van der Waals surface area contributed by atoms with E-state index in [1.165, 1.54) is 10.5 Å². The van der Waals surface area contributed by atoms with Crippen LogP contribution in [0.25, 0.3) is 11.8 Å². The fraction of sp³-hybridized carbons (Fsp3) is 0.150. The summed E-state index contributed by atoms with van der Waals surface area (Å²) in [7, 11) is 0. The first kappa shape index (κ1) is 17.8. The Morgan fingerprint density at radius 1 is 1.23 bits per heavy atom. The Balaban J connectivity index is 2.04. The molecule has 0 atom stereocenters. The minimum absolute atomic E-state index is 0.0464. The van der Waals surface area contributed by atoms with E-state index in [1.54, 1.807) is 12.2 Å². The van der Waals surface area contributed by atoms with Crippen molar-refractivity contribution in [3.05, 3.63) is 71.6 Å². The molecule has 5 nitrogen and oxygen atoms in total. The molecule has 1 aromatic heterocycles. The molecular formula is C20H19N3O2S. The second kappa shape index (κ2) is 7.09. The predicted molar refractivity (Wildman–Crippen MR) is 106 cm³/mol. The van der Waals surface area contributed by atoms with Crippen LogP contribution in [0.15, 0.2) is 54.8 Å². The smallest absolute Gasteiger partial charge is 0.266 e. The minimum Gasteiger partial charge on any atom is -0.317 e. The van der Waals surface area contributed by atoms with Crippen LogP contribution in [0.4, 0.5) is 0 Å². The molecule has 1 aliphatic heterocycles. The zero-order chi connectivity index (χ0) is 18.8. The van der Waals surface area contributed by atoms with Gasteiger partial charge in [0.2, 0.25) is 0 Å². The Hall–Kier alpha value is -2.99. The minimum atomic E-state index is -0.492. The summed E-state index contributed by atoms with van der Waals surface area (Å²) in [4.78, 5) is 26.3. The Morgan fingerprint density at radius 2 is 2.00 bits per heavy atom. The number of benzene rings is 1. The highest BCUT2D eigenvalue weighted by atomic mass is 32.1. The largest absolute Gasteiger partial charge is 0.317 e. The van der Waals surface area contributed by atoms with Gasteiger partial charge in [-0.1, -0.05) is 23.8 Å². The number of nitrogens with zero attached hydrogens (tertiary/aromatic N) is 2. The van der Waals surface area contributed by atoms with E-state index >= 15 is 0 Å². The highest BCUT2D eigenvalue weighted by Crippen LogP contribution is 2.21. The van der Waals surface area contributed by atoms with Gasteiger partial charge in [0.15, 0.2) is 5.11 Å². The maximum Gasteiger partial charge on any atom is 0.266 e. The maximum atomic E-state index is 12.7. The van der Waals surface area contributed by atoms with Crippen molar-refractivity contribution in [1.82, 2.24) is 14.8 Å². The van der Waals surface area contributed by atoms with Crippen molar-refractivity contribution in [3.63, 3.8) is 0 Å². The van der Waals surface area contributed by atoms with E-state index in [-0.39, 0.29) is 17.2 Å². The van der Waals surface area contributed by atoms with Crippen LogP contribution in [0.1, 0.15) is 16.8 Å². The van der Waals surface area contributed by atoms with Crippen molar-refractivity contribution in [2.24, 2.45) is 0 Å². The van der Waals surface area contributed by atoms with E-state index < -0.39 is 11.8 Å². The lowest BCUT2D eigenvalue weighted by Gasteiger charge is -2.27. The molecule has 1 fully saturated rings. The van der Waals surface area contributed by atoms with Gasteiger partial charge in [-0.25, -0.2) is 0 Å². The van der Waals surface area contributed by atoms with Gasteiger partial charge in [0, 0.05) is 24.1 Å². The summed E-state index contributed by atoms with van der Waals surface area (Å²) in [5, 5.41) is 2.66. The molecule has 0 radical (unpaired) electrons. The van der Waals surface area contributed by atoms with Crippen LogP contribution in [0.2, 0.25) is 0 Å². The average Bonchev–Trinajstić information content (AvgIpc) is 3.03. The highest BCUT2D eigenvalue weighted by Gasteiger charge is 2.32. The fourth-order valence-corrected chi connectivity index (χ4v) is 3.19. The number of rotatable bonds is 4. The van der Waals surface area contributed by atoms with Crippen molar-refractivity contribution in [2.45, 2.75) is 13.8 Å². The van der Waals surface area contributed by atoms with E-state index in [9.17, 15) is 9.59 Å². The molecule has 2 aromatic rings.